The molecule has 3 amide bonds. The molecule has 0 aromatic heterocycles. The minimum atomic E-state index is -0.537. The molecule has 0 radical (unpaired) electrons. The number of benzene rings is 2. The topological polar surface area (TPSA) is 71.0 Å². The Hall–Kier alpha value is -3.12. The highest BCUT2D eigenvalue weighted by Crippen LogP contribution is 2.32. The van der Waals surface area contributed by atoms with Gasteiger partial charge in [-0.2, -0.15) is 4.99 Å². The van der Waals surface area contributed by atoms with E-state index in [0.29, 0.717) is 41.7 Å². The van der Waals surface area contributed by atoms with Crippen molar-refractivity contribution in [2.75, 3.05) is 13.2 Å². The van der Waals surface area contributed by atoms with E-state index >= 15 is 0 Å². The van der Waals surface area contributed by atoms with Crippen LogP contribution in [0.3, 0.4) is 0 Å². The van der Waals surface area contributed by atoms with Crippen LogP contribution in [-0.2, 0) is 11.3 Å². The predicted octanol–water partition coefficient (Wildman–Crippen LogP) is 5.69. The maximum absolute atomic E-state index is 12.5. The highest BCUT2D eigenvalue weighted by Gasteiger charge is 2.43. The number of urea groups is 1. The maximum atomic E-state index is 12.5. The van der Waals surface area contributed by atoms with Crippen molar-refractivity contribution >= 4 is 34.9 Å². The van der Waals surface area contributed by atoms with Crippen LogP contribution in [0.2, 0.25) is 5.02 Å². The number of carbonyl (C=O) groups excluding carboxylic acids is 2. The number of ether oxygens (including phenoxy) is 1. The van der Waals surface area contributed by atoms with Gasteiger partial charge >= 0.3 is 6.03 Å². The highest BCUT2D eigenvalue weighted by molar-refractivity contribution is 6.32. The summed E-state index contributed by atoms with van der Waals surface area (Å²) in [6.07, 6.45) is 0.938. The van der Waals surface area contributed by atoms with E-state index in [4.69, 9.17) is 16.3 Å². The van der Waals surface area contributed by atoms with Gasteiger partial charge in [0, 0.05) is 29.4 Å². The van der Waals surface area contributed by atoms with Crippen LogP contribution in [0.1, 0.15) is 50.8 Å². The number of hydrogen-bond donors (Lipinski definition) is 1. The highest BCUT2D eigenvalue weighted by atomic mass is 35.5. The summed E-state index contributed by atoms with van der Waals surface area (Å²) < 4.78 is 5.58. The van der Waals surface area contributed by atoms with Crippen molar-refractivity contribution < 1.29 is 14.3 Å². The molecule has 1 fully saturated rings. The van der Waals surface area contributed by atoms with Gasteiger partial charge in [0.05, 0.1) is 17.7 Å². The summed E-state index contributed by atoms with van der Waals surface area (Å²) in [5.41, 5.74) is 2.95. The molecule has 0 atom stereocenters. The van der Waals surface area contributed by atoms with Crippen LogP contribution in [0.5, 0.6) is 5.75 Å². The summed E-state index contributed by atoms with van der Waals surface area (Å²) in [7, 11) is 0. The molecule has 7 heteroatoms. The smallest absolute Gasteiger partial charge is 0.345 e. The molecule has 3 rings (SSSR count). The van der Waals surface area contributed by atoms with E-state index in [1.807, 2.05) is 50.2 Å². The first-order valence-electron chi connectivity index (χ1n) is 11.0. The zero-order valence-corrected chi connectivity index (χ0v) is 20.3. The quantitative estimate of drug-likeness (QED) is 0.400. The normalized spacial score (nSPS) is 15.1. The number of likely N-dealkylation sites (tertiary alicyclic amines) is 1. The van der Waals surface area contributed by atoms with Gasteiger partial charge < -0.3 is 15.0 Å². The first-order valence-corrected chi connectivity index (χ1v) is 11.3. The average Bonchev–Trinajstić information content (AvgIpc) is 2.78. The summed E-state index contributed by atoms with van der Waals surface area (Å²) in [4.78, 5) is 30.6. The van der Waals surface area contributed by atoms with Crippen molar-refractivity contribution in [3.63, 3.8) is 0 Å². The Bertz CT molecular complexity index is 1090. The summed E-state index contributed by atoms with van der Waals surface area (Å²) in [5, 5.41) is 3.16. The lowest BCUT2D eigenvalue weighted by Crippen LogP contribution is -2.57. The second-order valence-corrected chi connectivity index (χ2v) is 9.25. The molecule has 6 nitrogen and oxygen atoms in total. The van der Waals surface area contributed by atoms with E-state index in [9.17, 15) is 9.59 Å². The molecular weight excluding hydrogens is 438 g/mol. The monoisotopic (exact) mass is 467 g/mol. The molecule has 1 aliphatic heterocycles. The molecule has 2 aromatic carbocycles. The molecule has 1 N–H and O–H groups in total. The van der Waals surface area contributed by atoms with Crippen LogP contribution < -0.4 is 10.1 Å². The van der Waals surface area contributed by atoms with Crippen LogP contribution in [-0.4, -0.2) is 35.7 Å². The minimum Gasteiger partial charge on any atom is -0.494 e. The van der Waals surface area contributed by atoms with Gasteiger partial charge in [0.25, 0.3) is 0 Å². The molecule has 0 aliphatic carbocycles. The Kier molecular flexibility index (Phi) is 7.59. The van der Waals surface area contributed by atoms with Crippen LogP contribution >= 0.6 is 11.6 Å². The molecule has 1 heterocycles. The average molecular weight is 468 g/mol. The lowest BCUT2D eigenvalue weighted by molar-refractivity contribution is -0.157. The second-order valence-electron chi connectivity index (χ2n) is 8.84. The molecule has 2 aromatic rings. The van der Waals surface area contributed by atoms with Gasteiger partial charge in [-0.05, 0) is 74.7 Å². The first-order chi connectivity index (χ1) is 15.6. The Labute approximate surface area is 200 Å². The third kappa shape index (κ3) is 6.02. The number of aliphatic imine (C=N–C) groups is 1. The van der Waals surface area contributed by atoms with Gasteiger partial charge in [0.1, 0.15) is 5.75 Å². The molecular formula is C26H30ClN3O3. The molecule has 0 unspecified atom stereocenters. The lowest BCUT2D eigenvalue weighted by Gasteiger charge is -2.44. The van der Waals surface area contributed by atoms with Crippen molar-refractivity contribution in [1.82, 2.24) is 10.2 Å². The Balaban J connectivity index is 1.64. The van der Waals surface area contributed by atoms with Crippen LogP contribution in [0, 0.1) is 5.41 Å². The van der Waals surface area contributed by atoms with Crippen molar-refractivity contribution in [3.05, 3.63) is 70.8 Å². The zero-order chi connectivity index (χ0) is 24.2. The Morgan fingerprint density at radius 3 is 2.55 bits per heavy atom. The minimum absolute atomic E-state index is 0.126. The largest absolute Gasteiger partial charge is 0.494 e. The maximum Gasteiger partial charge on any atom is 0.345 e. The summed E-state index contributed by atoms with van der Waals surface area (Å²) in [6, 6.07) is 12.4. The van der Waals surface area contributed by atoms with Gasteiger partial charge in [0.2, 0.25) is 5.91 Å². The number of nitrogens with one attached hydrogen (secondary N) is 1. The first kappa shape index (κ1) is 24.5. The third-order valence-electron chi connectivity index (χ3n) is 5.45. The number of amides is 3. The van der Waals surface area contributed by atoms with Gasteiger partial charge in [-0.15, -0.1) is 0 Å². The predicted molar refractivity (Wildman–Crippen MR) is 133 cm³/mol. The summed E-state index contributed by atoms with van der Waals surface area (Å²) >= 11 is 6.35. The van der Waals surface area contributed by atoms with Crippen molar-refractivity contribution in [3.8, 4) is 5.75 Å². The van der Waals surface area contributed by atoms with Gasteiger partial charge in [-0.25, -0.2) is 4.79 Å². The van der Waals surface area contributed by atoms with E-state index in [1.165, 1.54) is 0 Å². The van der Waals surface area contributed by atoms with E-state index < -0.39 is 6.03 Å². The number of carbonyl (C=O) groups is 2. The number of nitrogens with zero attached hydrogens (tertiary/aromatic N) is 2. The Morgan fingerprint density at radius 2 is 1.94 bits per heavy atom. The van der Waals surface area contributed by atoms with E-state index in [-0.39, 0.29) is 11.3 Å². The van der Waals surface area contributed by atoms with Crippen molar-refractivity contribution in [2.45, 2.75) is 40.7 Å². The second kappa shape index (κ2) is 10.2. The zero-order valence-electron chi connectivity index (χ0n) is 19.6. The van der Waals surface area contributed by atoms with Crippen LogP contribution in [0.4, 0.5) is 4.79 Å². The molecule has 1 saturated heterocycles. The summed E-state index contributed by atoms with van der Waals surface area (Å²) in [5.74, 6) is 0.908. The number of rotatable bonds is 8. The lowest BCUT2D eigenvalue weighted by atomic mass is 9.83. The Morgan fingerprint density at radius 1 is 1.24 bits per heavy atom. The fourth-order valence-corrected chi connectivity index (χ4v) is 3.89. The van der Waals surface area contributed by atoms with Gasteiger partial charge in [-0.3, -0.25) is 4.79 Å². The van der Waals surface area contributed by atoms with Crippen molar-refractivity contribution in [2.24, 2.45) is 10.4 Å². The standard InChI is InChI=1S/C26H30ClN3O3/c1-6-13-33-21-10-8-20(9-11-21)17(2)28-25(32)29-18(3)22-14-19(7-12-23(22)27)15-30-16-26(4,5)24(30)31/h7-12,14H,3,6,13,15-16H2,1-2,4-5H3,(H,29,32). The molecule has 0 spiro atoms. The molecule has 1 aliphatic rings. The fourth-order valence-electron chi connectivity index (χ4n) is 3.66. The van der Waals surface area contributed by atoms with Crippen molar-refractivity contribution in [1.29, 1.82) is 0 Å². The van der Waals surface area contributed by atoms with E-state index in [0.717, 1.165) is 23.3 Å². The number of β-lactam (4-membered cyclic amide) rings is 1. The SMILES string of the molecule is C=C(NC(=O)N=C(C)c1ccc(OCCC)cc1)c1cc(CN2CC(C)(C)C2=O)ccc1Cl. The summed E-state index contributed by atoms with van der Waals surface area (Å²) in [6.45, 7) is 13.5. The molecule has 0 saturated carbocycles. The fraction of sp³-hybridized carbons (Fsp3) is 0.346. The van der Waals surface area contributed by atoms with Gasteiger partial charge in [-0.1, -0.05) is 31.2 Å². The van der Waals surface area contributed by atoms with Gasteiger partial charge in [0.15, 0.2) is 0 Å². The third-order valence-corrected chi connectivity index (χ3v) is 5.78. The van der Waals surface area contributed by atoms with E-state index in [1.54, 1.807) is 17.9 Å². The van der Waals surface area contributed by atoms with Crippen LogP contribution in [0.15, 0.2) is 54.0 Å². The molecule has 33 heavy (non-hydrogen) atoms. The molecule has 174 valence electrons. The number of halogens is 1. The molecule has 0 bridgehead atoms. The van der Waals surface area contributed by atoms with Crippen LogP contribution in [0.25, 0.3) is 5.70 Å². The number of hydrogen-bond acceptors (Lipinski definition) is 3. The van der Waals surface area contributed by atoms with E-state index in [2.05, 4.69) is 23.8 Å².